The van der Waals surface area contributed by atoms with Crippen LogP contribution in [-0.2, 0) is 4.79 Å². The number of nitriles is 1. The number of nitrogens with two attached hydrogens (primary N) is 1. The van der Waals surface area contributed by atoms with Crippen LogP contribution in [0, 0.1) is 11.3 Å². The largest absolute Gasteiger partial charge is 0.366 e. The number of carbonyl (C=O) groups is 1. The normalized spacial score (nSPS) is 20.2. The summed E-state index contributed by atoms with van der Waals surface area (Å²) in [6, 6.07) is 5.60. The van der Waals surface area contributed by atoms with Gasteiger partial charge in [-0.25, -0.2) is 0 Å². The lowest BCUT2D eigenvalue weighted by Gasteiger charge is -2.25. The highest BCUT2D eigenvalue weighted by Crippen LogP contribution is 2.41. The summed E-state index contributed by atoms with van der Waals surface area (Å²) in [7, 11) is 0. The van der Waals surface area contributed by atoms with Crippen LogP contribution in [0.15, 0.2) is 12.1 Å². The molecule has 3 N–H and O–H groups in total. The van der Waals surface area contributed by atoms with Gasteiger partial charge >= 0.3 is 0 Å². The molecule has 20 heavy (non-hydrogen) atoms. The summed E-state index contributed by atoms with van der Waals surface area (Å²) in [6.45, 7) is 0.652. The van der Waals surface area contributed by atoms with Crippen molar-refractivity contribution in [3.05, 3.63) is 22.7 Å². The van der Waals surface area contributed by atoms with Gasteiger partial charge in [-0.3, -0.25) is 4.79 Å². The molecule has 0 radical (unpaired) electrons. The standard InChI is InChI=1S/C14H15ClN4O/c15-10-6-9-11(18-14(20)13(9)17)7-12(10)19(5-1-4-16)8-2-3-8/h6-8,13H,1-3,5,17H2,(H,18,20). The molecule has 1 heterocycles. The maximum Gasteiger partial charge on any atom is 0.245 e. The topological polar surface area (TPSA) is 82.2 Å². The van der Waals surface area contributed by atoms with E-state index >= 15 is 0 Å². The van der Waals surface area contributed by atoms with Gasteiger partial charge in [0.1, 0.15) is 6.04 Å². The van der Waals surface area contributed by atoms with Crippen molar-refractivity contribution in [2.45, 2.75) is 31.3 Å². The Morgan fingerprint density at radius 1 is 1.50 bits per heavy atom. The monoisotopic (exact) mass is 290 g/mol. The Kier molecular flexibility index (Phi) is 3.28. The summed E-state index contributed by atoms with van der Waals surface area (Å²) in [5.41, 5.74) is 8.14. The van der Waals surface area contributed by atoms with Crippen molar-refractivity contribution in [1.82, 2.24) is 0 Å². The van der Waals surface area contributed by atoms with E-state index in [0.717, 1.165) is 29.8 Å². The number of carbonyl (C=O) groups excluding carboxylic acids is 1. The Morgan fingerprint density at radius 3 is 2.90 bits per heavy atom. The third kappa shape index (κ3) is 2.21. The molecule has 5 nitrogen and oxygen atoms in total. The van der Waals surface area contributed by atoms with E-state index in [1.807, 2.05) is 6.07 Å². The number of nitrogens with one attached hydrogen (secondary N) is 1. The summed E-state index contributed by atoms with van der Waals surface area (Å²) >= 11 is 6.35. The first-order chi connectivity index (χ1) is 9.61. The first-order valence-corrected chi connectivity index (χ1v) is 7.03. The molecule has 3 rings (SSSR count). The van der Waals surface area contributed by atoms with E-state index in [0.29, 0.717) is 24.0 Å². The zero-order valence-corrected chi connectivity index (χ0v) is 11.7. The molecule has 0 aromatic heterocycles. The Labute approximate surface area is 122 Å². The molecule has 6 heteroatoms. The molecule has 1 atom stereocenters. The number of anilines is 2. The predicted octanol–water partition coefficient (Wildman–Crippen LogP) is 2.17. The minimum absolute atomic E-state index is 0.205. The van der Waals surface area contributed by atoms with Gasteiger partial charge in [-0.15, -0.1) is 0 Å². The van der Waals surface area contributed by atoms with Crippen LogP contribution in [0.2, 0.25) is 5.02 Å². The Morgan fingerprint density at radius 2 is 2.25 bits per heavy atom. The highest BCUT2D eigenvalue weighted by atomic mass is 35.5. The number of fused-ring (bicyclic) bond motifs is 1. The molecule has 1 unspecified atom stereocenters. The average Bonchev–Trinajstić information content (AvgIpc) is 3.21. The number of halogens is 1. The number of benzene rings is 1. The molecular formula is C14H15ClN4O. The molecule has 0 spiro atoms. The van der Waals surface area contributed by atoms with E-state index in [1.165, 1.54) is 0 Å². The van der Waals surface area contributed by atoms with E-state index in [2.05, 4.69) is 16.3 Å². The minimum Gasteiger partial charge on any atom is -0.366 e. The van der Waals surface area contributed by atoms with Crippen molar-refractivity contribution in [1.29, 1.82) is 5.26 Å². The molecule has 2 aliphatic rings. The van der Waals surface area contributed by atoms with Gasteiger partial charge in [0.05, 0.1) is 23.2 Å². The zero-order valence-electron chi connectivity index (χ0n) is 10.9. The van der Waals surface area contributed by atoms with Crippen LogP contribution in [0.3, 0.4) is 0 Å². The fourth-order valence-electron chi connectivity index (χ4n) is 2.57. The lowest BCUT2D eigenvalue weighted by Crippen LogP contribution is -2.27. The van der Waals surface area contributed by atoms with Crippen LogP contribution < -0.4 is 16.0 Å². The lowest BCUT2D eigenvalue weighted by molar-refractivity contribution is -0.116. The maximum atomic E-state index is 11.6. The Hall–Kier alpha value is -1.77. The molecule has 0 saturated heterocycles. The SMILES string of the molecule is N#CCCN(c1cc2c(cc1Cl)C(N)C(=O)N2)C1CC1. The number of hydrogen-bond donors (Lipinski definition) is 2. The van der Waals surface area contributed by atoms with Gasteiger partial charge in [0, 0.05) is 23.8 Å². The second-order valence-corrected chi connectivity index (χ2v) is 5.60. The quantitative estimate of drug-likeness (QED) is 0.890. The van der Waals surface area contributed by atoms with Crippen LogP contribution in [0.4, 0.5) is 11.4 Å². The summed E-state index contributed by atoms with van der Waals surface area (Å²) in [6.07, 6.45) is 2.69. The molecule has 1 aromatic carbocycles. The number of amides is 1. The molecule has 1 aliphatic heterocycles. The molecule has 1 aliphatic carbocycles. The summed E-state index contributed by atoms with van der Waals surface area (Å²) < 4.78 is 0. The van der Waals surface area contributed by atoms with Crippen molar-refractivity contribution in [3.8, 4) is 6.07 Å². The molecule has 1 amide bonds. The molecule has 104 valence electrons. The number of rotatable bonds is 4. The summed E-state index contributed by atoms with van der Waals surface area (Å²) in [5, 5.41) is 12.1. The second kappa shape index (κ2) is 4.97. The molecule has 1 saturated carbocycles. The first-order valence-electron chi connectivity index (χ1n) is 6.65. The van der Waals surface area contributed by atoms with Gasteiger partial charge in [-0.05, 0) is 25.0 Å². The van der Waals surface area contributed by atoms with Crippen LogP contribution in [0.5, 0.6) is 0 Å². The highest BCUT2D eigenvalue weighted by Gasteiger charge is 2.33. The lowest BCUT2D eigenvalue weighted by atomic mass is 10.1. The zero-order chi connectivity index (χ0) is 14.3. The fourth-order valence-corrected chi connectivity index (χ4v) is 2.85. The molecule has 1 fully saturated rings. The van der Waals surface area contributed by atoms with E-state index in [1.54, 1.807) is 6.07 Å². The van der Waals surface area contributed by atoms with Gasteiger partial charge in [0.25, 0.3) is 0 Å². The number of nitrogens with zero attached hydrogens (tertiary/aromatic N) is 2. The fraction of sp³-hybridized carbons (Fsp3) is 0.429. The Bertz CT molecular complexity index is 606. The third-order valence-corrected chi connectivity index (χ3v) is 4.06. The second-order valence-electron chi connectivity index (χ2n) is 5.19. The summed E-state index contributed by atoms with van der Waals surface area (Å²) in [4.78, 5) is 13.8. The smallest absolute Gasteiger partial charge is 0.245 e. The summed E-state index contributed by atoms with van der Waals surface area (Å²) in [5.74, 6) is -0.205. The van der Waals surface area contributed by atoms with E-state index in [9.17, 15) is 4.79 Å². The van der Waals surface area contributed by atoms with Crippen LogP contribution >= 0.6 is 11.6 Å². The van der Waals surface area contributed by atoms with E-state index < -0.39 is 6.04 Å². The maximum absolute atomic E-state index is 11.6. The predicted molar refractivity (Wildman–Crippen MR) is 77.6 cm³/mol. The van der Waals surface area contributed by atoms with Gasteiger partial charge in [0.2, 0.25) is 5.91 Å². The van der Waals surface area contributed by atoms with Gasteiger partial charge in [-0.1, -0.05) is 11.6 Å². The van der Waals surface area contributed by atoms with Crippen LogP contribution in [0.1, 0.15) is 30.9 Å². The molecular weight excluding hydrogens is 276 g/mol. The van der Waals surface area contributed by atoms with Crippen LogP contribution in [-0.4, -0.2) is 18.5 Å². The van der Waals surface area contributed by atoms with Gasteiger partial charge in [-0.2, -0.15) is 5.26 Å². The minimum atomic E-state index is -0.648. The van der Waals surface area contributed by atoms with Crippen molar-refractivity contribution in [2.24, 2.45) is 5.73 Å². The van der Waals surface area contributed by atoms with Gasteiger partial charge in [0.15, 0.2) is 0 Å². The van der Waals surface area contributed by atoms with Crippen molar-refractivity contribution < 1.29 is 4.79 Å². The van der Waals surface area contributed by atoms with Crippen molar-refractivity contribution >= 4 is 28.9 Å². The van der Waals surface area contributed by atoms with Crippen LogP contribution in [0.25, 0.3) is 0 Å². The Balaban J connectivity index is 1.96. The molecule has 0 bridgehead atoms. The number of hydrogen-bond acceptors (Lipinski definition) is 4. The van der Waals surface area contributed by atoms with Crippen molar-refractivity contribution in [2.75, 3.05) is 16.8 Å². The van der Waals surface area contributed by atoms with E-state index in [-0.39, 0.29) is 5.91 Å². The third-order valence-electron chi connectivity index (χ3n) is 3.76. The highest BCUT2D eigenvalue weighted by molar-refractivity contribution is 6.33. The first kappa shape index (κ1) is 13.2. The average molecular weight is 291 g/mol. The van der Waals surface area contributed by atoms with Crippen molar-refractivity contribution in [3.63, 3.8) is 0 Å². The molecule has 1 aromatic rings. The van der Waals surface area contributed by atoms with Gasteiger partial charge < -0.3 is 16.0 Å². The van der Waals surface area contributed by atoms with E-state index in [4.69, 9.17) is 22.6 Å².